The third-order valence-electron chi connectivity index (χ3n) is 6.92. The van der Waals surface area contributed by atoms with Crippen LogP contribution in [0.2, 0.25) is 0 Å². The molecule has 4 heteroatoms. The predicted octanol–water partition coefficient (Wildman–Crippen LogP) is 4.84. The molecule has 0 aromatic carbocycles. The monoisotopic (exact) mass is 412 g/mol. The zero-order chi connectivity index (χ0) is 22.3. The van der Waals surface area contributed by atoms with Crippen LogP contribution in [0, 0.1) is 29.1 Å². The van der Waals surface area contributed by atoms with E-state index in [9.17, 15) is 15.0 Å². The zero-order valence-corrected chi connectivity index (χ0v) is 18.5. The maximum atomic E-state index is 10.9. The molecule has 2 rings (SSSR count). The molecule has 0 aromatic heterocycles. The Kier molecular flexibility index (Phi) is 8.63. The van der Waals surface area contributed by atoms with Gasteiger partial charge in [0.1, 0.15) is 0 Å². The molecule has 0 saturated heterocycles. The average Bonchev–Trinajstić information content (AvgIpc) is 2.71. The Morgan fingerprint density at radius 2 is 1.80 bits per heavy atom. The summed E-state index contributed by atoms with van der Waals surface area (Å²) in [5.74, 6) is -0.244. The molecule has 3 N–H and O–H groups in total. The van der Waals surface area contributed by atoms with E-state index >= 15 is 0 Å². The van der Waals surface area contributed by atoms with Crippen LogP contribution in [0.1, 0.15) is 40.5 Å². The molecular weight excluding hydrogens is 376 g/mol. The zero-order valence-electron chi connectivity index (χ0n) is 18.5. The van der Waals surface area contributed by atoms with E-state index in [1.165, 1.54) is 11.6 Å². The molecule has 0 heterocycles. The van der Waals surface area contributed by atoms with Crippen LogP contribution in [-0.2, 0) is 4.79 Å². The van der Waals surface area contributed by atoms with Crippen LogP contribution < -0.4 is 0 Å². The molecule has 0 bridgehead atoms. The van der Waals surface area contributed by atoms with Gasteiger partial charge >= 0.3 is 5.97 Å². The summed E-state index contributed by atoms with van der Waals surface area (Å²) < 4.78 is 0. The van der Waals surface area contributed by atoms with E-state index in [0.717, 1.165) is 24.5 Å². The second-order valence-electron chi connectivity index (χ2n) is 8.79. The van der Waals surface area contributed by atoms with Crippen molar-refractivity contribution in [1.29, 1.82) is 0 Å². The lowest BCUT2D eigenvalue weighted by atomic mass is 9.51. The quantitative estimate of drug-likeness (QED) is 0.318. The van der Waals surface area contributed by atoms with E-state index in [-0.39, 0.29) is 35.9 Å². The van der Waals surface area contributed by atoms with Crippen LogP contribution >= 0.6 is 0 Å². The normalized spacial score (nSPS) is 35.5. The van der Waals surface area contributed by atoms with Gasteiger partial charge in [-0.2, -0.15) is 0 Å². The van der Waals surface area contributed by atoms with Crippen LogP contribution in [0.4, 0.5) is 0 Å². The molecule has 6 atom stereocenters. The van der Waals surface area contributed by atoms with Gasteiger partial charge in [0.15, 0.2) is 0 Å². The summed E-state index contributed by atoms with van der Waals surface area (Å²) in [4.78, 5) is 10.5. The Labute approximate surface area is 180 Å². The van der Waals surface area contributed by atoms with Crippen molar-refractivity contribution in [2.75, 3.05) is 6.61 Å². The molecule has 2 aliphatic rings. The van der Waals surface area contributed by atoms with E-state index in [0.29, 0.717) is 5.92 Å². The Hall–Kier alpha value is -2.17. The number of fused-ring (bicyclic) bond motifs is 1. The molecular formula is C26H36O4. The number of aliphatic carboxylic acids is 1. The van der Waals surface area contributed by atoms with Crippen LogP contribution in [-0.4, -0.2) is 34.0 Å². The summed E-state index contributed by atoms with van der Waals surface area (Å²) in [6.07, 6.45) is 20.0. The Bertz CT molecular complexity index is 783. The van der Waals surface area contributed by atoms with Crippen molar-refractivity contribution < 1.29 is 20.1 Å². The van der Waals surface area contributed by atoms with Crippen molar-refractivity contribution in [2.24, 2.45) is 29.1 Å². The van der Waals surface area contributed by atoms with Crippen molar-refractivity contribution in [2.45, 2.75) is 46.6 Å². The largest absolute Gasteiger partial charge is 0.478 e. The summed E-state index contributed by atoms with van der Waals surface area (Å²) >= 11 is 0. The number of allylic oxidation sites excluding steroid dienone is 9. The molecule has 0 amide bonds. The maximum absolute atomic E-state index is 10.9. The first-order valence-electron chi connectivity index (χ1n) is 10.8. The summed E-state index contributed by atoms with van der Waals surface area (Å²) in [7, 11) is 0. The molecule has 6 unspecified atom stereocenters. The van der Waals surface area contributed by atoms with E-state index in [1.807, 2.05) is 25.2 Å². The number of aliphatic hydroxyl groups is 2. The number of hydrogen-bond donors (Lipinski definition) is 3. The summed E-state index contributed by atoms with van der Waals surface area (Å²) in [5, 5.41) is 29.6. The van der Waals surface area contributed by atoms with Crippen molar-refractivity contribution in [3.05, 3.63) is 71.9 Å². The second-order valence-corrected chi connectivity index (χ2v) is 8.79. The van der Waals surface area contributed by atoms with Crippen LogP contribution in [0.5, 0.6) is 0 Å². The number of carboxylic acids is 1. The number of hydrogen-bond acceptors (Lipinski definition) is 3. The van der Waals surface area contributed by atoms with Crippen molar-refractivity contribution in [3.8, 4) is 0 Å². The average molecular weight is 413 g/mol. The highest BCUT2D eigenvalue weighted by molar-refractivity contribution is 5.80. The van der Waals surface area contributed by atoms with E-state index < -0.39 is 5.97 Å². The molecule has 0 radical (unpaired) electrons. The van der Waals surface area contributed by atoms with Gasteiger partial charge in [-0.05, 0) is 49.5 Å². The molecule has 0 aromatic rings. The fourth-order valence-corrected chi connectivity index (χ4v) is 5.29. The highest BCUT2D eigenvalue weighted by Gasteiger charge is 2.51. The first-order valence-corrected chi connectivity index (χ1v) is 10.8. The van der Waals surface area contributed by atoms with E-state index in [2.05, 4.69) is 39.0 Å². The lowest BCUT2D eigenvalue weighted by Crippen LogP contribution is -2.50. The van der Waals surface area contributed by atoms with Crippen molar-refractivity contribution in [3.63, 3.8) is 0 Å². The smallest absolute Gasteiger partial charge is 0.328 e. The van der Waals surface area contributed by atoms with Crippen molar-refractivity contribution in [1.82, 2.24) is 0 Å². The Morgan fingerprint density at radius 1 is 1.17 bits per heavy atom. The highest BCUT2D eigenvalue weighted by atomic mass is 16.4. The predicted molar refractivity (Wildman–Crippen MR) is 122 cm³/mol. The number of carbonyl (C=O) groups is 1. The minimum Gasteiger partial charge on any atom is -0.478 e. The number of rotatable bonds is 7. The van der Waals surface area contributed by atoms with Crippen LogP contribution in [0.3, 0.4) is 0 Å². The number of carboxylic acid groups (broad SMARTS) is 1. The number of aliphatic hydroxyl groups excluding tert-OH is 2. The SMILES string of the molecule is CC=C(C)C1C(CO)=CC2C(O)C(C)CCC2C1(C)C=CC=CC=CC=CC(=O)O. The van der Waals surface area contributed by atoms with Gasteiger partial charge in [-0.3, -0.25) is 0 Å². The highest BCUT2D eigenvalue weighted by Crippen LogP contribution is 2.56. The minimum absolute atomic E-state index is 0.00190. The lowest BCUT2D eigenvalue weighted by molar-refractivity contribution is -0.131. The lowest BCUT2D eigenvalue weighted by Gasteiger charge is -2.54. The van der Waals surface area contributed by atoms with E-state index in [4.69, 9.17) is 5.11 Å². The molecule has 30 heavy (non-hydrogen) atoms. The first-order chi connectivity index (χ1) is 14.3. The summed E-state index contributed by atoms with van der Waals surface area (Å²) in [6.45, 7) is 8.52. The third-order valence-corrected chi connectivity index (χ3v) is 6.92. The molecule has 0 spiro atoms. The van der Waals surface area contributed by atoms with Crippen LogP contribution in [0.15, 0.2) is 71.9 Å². The molecule has 1 fully saturated rings. The van der Waals surface area contributed by atoms with Gasteiger partial charge in [-0.15, -0.1) is 0 Å². The molecule has 164 valence electrons. The minimum atomic E-state index is -0.967. The first kappa shape index (κ1) is 24.1. The molecule has 4 nitrogen and oxygen atoms in total. The van der Waals surface area contributed by atoms with Gasteiger partial charge in [0.05, 0.1) is 12.7 Å². The van der Waals surface area contributed by atoms with Crippen molar-refractivity contribution >= 4 is 5.97 Å². The molecule has 1 saturated carbocycles. The van der Waals surface area contributed by atoms with Gasteiger partial charge in [-0.1, -0.05) is 74.1 Å². The molecule has 2 aliphatic carbocycles. The third kappa shape index (κ3) is 5.30. The van der Waals surface area contributed by atoms with E-state index in [1.54, 1.807) is 12.2 Å². The second kappa shape index (κ2) is 10.7. The van der Waals surface area contributed by atoms with Gasteiger partial charge in [0, 0.05) is 17.9 Å². The van der Waals surface area contributed by atoms with Gasteiger partial charge in [0.2, 0.25) is 0 Å². The van der Waals surface area contributed by atoms with Crippen LogP contribution in [0.25, 0.3) is 0 Å². The molecule has 0 aliphatic heterocycles. The topological polar surface area (TPSA) is 77.8 Å². The fourth-order valence-electron chi connectivity index (χ4n) is 5.29. The standard InChI is InChI=1S/C26H36O4/c1-5-18(2)24-20(17-27)16-21-22(14-13-19(3)25(21)30)26(24,4)15-11-9-7-6-8-10-12-23(28)29/h5-12,15-16,19,21-22,24-25,27,30H,13-14,17H2,1-4H3,(H,28,29). The Morgan fingerprint density at radius 3 is 2.40 bits per heavy atom. The van der Waals surface area contributed by atoms with Gasteiger partial charge in [-0.25, -0.2) is 4.79 Å². The van der Waals surface area contributed by atoms with Gasteiger partial charge < -0.3 is 15.3 Å². The Balaban J connectivity index is 2.36. The summed E-state index contributed by atoms with van der Waals surface area (Å²) in [6, 6.07) is 0. The summed E-state index contributed by atoms with van der Waals surface area (Å²) in [5.41, 5.74) is 2.01. The van der Waals surface area contributed by atoms with Gasteiger partial charge in [0.25, 0.3) is 0 Å². The fraction of sp³-hybridized carbons (Fsp3) is 0.500. The maximum Gasteiger partial charge on any atom is 0.328 e.